The van der Waals surface area contributed by atoms with Crippen molar-refractivity contribution in [3.05, 3.63) is 70.3 Å². The quantitative estimate of drug-likeness (QED) is 0.565. The van der Waals surface area contributed by atoms with Crippen LogP contribution < -0.4 is 0 Å². The van der Waals surface area contributed by atoms with Gasteiger partial charge in [0.2, 0.25) is 0 Å². The fourth-order valence-electron chi connectivity index (χ4n) is 3.61. The third-order valence-corrected chi connectivity index (χ3v) is 8.29. The Morgan fingerprint density at radius 2 is 1.71 bits per heavy atom. The fraction of sp³-hybridized carbons (Fsp3) is 0.333. The Labute approximate surface area is 180 Å². The Morgan fingerprint density at radius 3 is 2.25 bits per heavy atom. The first-order valence-corrected chi connectivity index (χ1v) is 11.9. The Hall–Kier alpha value is -1.04. The summed E-state index contributed by atoms with van der Waals surface area (Å²) in [5.74, 6) is 0. The van der Waals surface area contributed by atoms with E-state index in [4.69, 9.17) is 39.5 Å². The molecule has 3 aliphatic carbocycles. The molecule has 0 aliphatic heterocycles. The zero-order valence-corrected chi connectivity index (χ0v) is 18.5. The van der Waals surface area contributed by atoms with Crippen molar-refractivity contribution in [2.45, 2.75) is 28.2 Å². The molecule has 1 spiro atoms. The van der Waals surface area contributed by atoms with Crippen molar-refractivity contribution in [3.63, 3.8) is 0 Å². The van der Waals surface area contributed by atoms with Gasteiger partial charge in [-0.1, -0.05) is 53.6 Å². The minimum absolute atomic E-state index is 0.0523. The lowest BCUT2D eigenvalue weighted by Crippen LogP contribution is -2.35. The summed E-state index contributed by atoms with van der Waals surface area (Å²) in [6, 6.07) is 6.93. The Balaban J connectivity index is 1.76. The van der Waals surface area contributed by atoms with E-state index in [9.17, 15) is 8.42 Å². The van der Waals surface area contributed by atoms with E-state index in [-0.39, 0.29) is 5.41 Å². The van der Waals surface area contributed by atoms with Gasteiger partial charge >= 0.3 is 0 Å². The highest BCUT2D eigenvalue weighted by molar-refractivity contribution is 7.90. The van der Waals surface area contributed by atoms with Crippen molar-refractivity contribution in [2.24, 2.45) is 5.41 Å². The Morgan fingerprint density at radius 1 is 1.11 bits per heavy atom. The molecule has 0 radical (unpaired) electrons. The van der Waals surface area contributed by atoms with Crippen LogP contribution in [0.15, 0.2) is 69.6 Å². The molecule has 0 bridgehead atoms. The highest BCUT2D eigenvalue weighted by atomic mass is 35.5. The molecule has 1 saturated carbocycles. The van der Waals surface area contributed by atoms with Crippen LogP contribution in [0.3, 0.4) is 0 Å². The molecule has 0 saturated heterocycles. The van der Waals surface area contributed by atoms with Crippen LogP contribution in [0.5, 0.6) is 0 Å². The fourth-order valence-corrected chi connectivity index (χ4v) is 5.07. The molecule has 1 fully saturated rings. The lowest BCUT2D eigenvalue weighted by molar-refractivity contribution is 0.108. The van der Waals surface area contributed by atoms with E-state index < -0.39 is 20.3 Å². The number of allylic oxidation sites excluding steroid dienone is 6. The molecule has 1 aromatic carbocycles. The highest BCUT2D eigenvalue weighted by Crippen LogP contribution is 2.58. The third kappa shape index (κ3) is 3.40. The molecule has 0 heterocycles. The number of benzene rings is 1. The zero-order chi connectivity index (χ0) is 20.3. The van der Waals surface area contributed by atoms with Gasteiger partial charge in [0.1, 0.15) is 5.38 Å². The summed E-state index contributed by atoms with van der Waals surface area (Å²) in [6.07, 6.45) is 11.4. The number of hydrogen-bond donors (Lipinski definition) is 0. The second-order valence-corrected chi connectivity index (χ2v) is 11.0. The van der Waals surface area contributed by atoms with Crippen LogP contribution in [-0.4, -0.2) is 32.2 Å². The van der Waals surface area contributed by atoms with Gasteiger partial charge in [0.15, 0.2) is 14.9 Å². The largest absolute Gasteiger partial charge is 0.357 e. The minimum Gasteiger partial charge on any atom is -0.357 e. The summed E-state index contributed by atoms with van der Waals surface area (Å²) in [6.45, 7) is 0. The molecule has 0 amide bonds. The second kappa shape index (κ2) is 6.75. The summed E-state index contributed by atoms with van der Waals surface area (Å²) in [7, 11) is -1.75. The monoisotopic (exact) mass is 456 g/mol. The van der Waals surface area contributed by atoms with Gasteiger partial charge in [-0.15, -0.1) is 11.6 Å². The van der Waals surface area contributed by atoms with Crippen LogP contribution >= 0.6 is 34.8 Å². The standard InChI is InChI=1S/C21H19Cl3O3S/c1-27-21(24)8-7-15(18(22)19(21)23)17-12-20(9-10-20)11-16(17)13-3-5-14(6-4-13)28(2,25)26/h3-8,11-12,19H,9-10H2,1-2H3. The Bertz CT molecular complexity index is 1060. The van der Waals surface area contributed by atoms with Crippen molar-refractivity contribution >= 4 is 50.2 Å². The average molecular weight is 458 g/mol. The maximum absolute atomic E-state index is 11.8. The van der Waals surface area contributed by atoms with Gasteiger partial charge in [-0.05, 0) is 53.3 Å². The van der Waals surface area contributed by atoms with E-state index in [2.05, 4.69) is 12.2 Å². The number of sulfone groups is 1. The maximum atomic E-state index is 11.8. The van der Waals surface area contributed by atoms with E-state index in [1.165, 1.54) is 13.4 Å². The van der Waals surface area contributed by atoms with Crippen molar-refractivity contribution in [1.29, 1.82) is 0 Å². The topological polar surface area (TPSA) is 43.4 Å². The molecule has 28 heavy (non-hydrogen) atoms. The molecule has 3 aliphatic rings. The molecule has 1 aromatic rings. The molecule has 2 atom stereocenters. The van der Waals surface area contributed by atoms with E-state index in [1.807, 2.05) is 18.2 Å². The number of ether oxygens (including phenoxy) is 1. The molecule has 148 valence electrons. The number of hydrogen-bond acceptors (Lipinski definition) is 3. The van der Waals surface area contributed by atoms with E-state index in [1.54, 1.807) is 18.2 Å². The van der Waals surface area contributed by atoms with Gasteiger partial charge < -0.3 is 4.74 Å². The first-order valence-electron chi connectivity index (χ1n) is 8.83. The van der Waals surface area contributed by atoms with Gasteiger partial charge in [-0.3, -0.25) is 0 Å². The van der Waals surface area contributed by atoms with E-state index >= 15 is 0 Å². The third-order valence-electron chi connectivity index (χ3n) is 5.48. The van der Waals surface area contributed by atoms with Crippen LogP contribution in [0.1, 0.15) is 18.4 Å². The average Bonchev–Trinajstić information content (AvgIpc) is 3.31. The van der Waals surface area contributed by atoms with E-state index in [0.29, 0.717) is 9.93 Å². The normalized spacial score (nSPS) is 28.5. The molecule has 3 nitrogen and oxygen atoms in total. The van der Waals surface area contributed by atoms with Crippen molar-refractivity contribution in [2.75, 3.05) is 13.4 Å². The number of methoxy groups -OCH3 is 1. The van der Waals surface area contributed by atoms with Crippen LogP contribution in [0.4, 0.5) is 0 Å². The summed E-state index contributed by atoms with van der Waals surface area (Å²) >= 11 is 19.5. The predicted octanol–water partition coefficient (Wildman–Crippen LogP) is 5.45. The summed E-state index contributed by atoms with van der Waals surface area (Å²) in [5.41, 5.74) is 3.83. The summed E-state index contributed by atoms with van der Waals surface area (Å²) < 4.78 is 28.8. The lowest BCUT2D eigenvalue weighted by Gasteiger charge is -2.31. The van der Waals surface area contributed by atoms with Gasteiger partial charge in [0.05, 0.1) is 4.90 Å². The van der Waals surface area contributed by atoms with Crippen molar-refractivity contribution in [3.8, 4) is 0 Å². The van der Waals surface area contributed by atoms with Crippen LogP contribution in [0.2, 0.25) is 0 Å². The highest BCUT2D eigenvalue weighted by Gasteiger charge is 2.45. The van der Waals surface area contributed by atoms with Crippen LogP contribution in [0, 0.1) is 5.41 Å². The van der Waals surface area contributed by atoms with Gasteiger partial charge in [0, 0.05) is 23.8 Å². The van der Waals surface area contributed by atoms with Crippen LogP contribution in [0.25, 0.3) is 5.57 Å². The van der Waals surface area contributed by atoms with Crippen molar-refractivity contribution in [1.82, 2.24) is 0 Å². The molecular weight excluding hydrogens is 439 g/mol. The molecule has 0 aromatic heterocycles. The minimum atomic E-state index is -3.24. The molecule has 2 unspecified atom stereocenters. The molecular formula is C21H19Cl3O3S. The van der Waals surface area contributed by atoms with E-state index in [0.717, 1.165) is 35.1 Å². The number of halogens is 3. The predicted molar refractivity (Wildman–Crippen MR) is 115 cm³/mol. The molecule has 4 rings (SSSR count). The van der Waals surface area contributed by atoms with Crippen molar-refractivity contribution < 1.29 is 13.2 Å². The van der Waals surface area contributed by atoms with Gasteiger partial charge in [0.25, 0.3) is 0 Å². The zero-order valence-electron chi connectivity index (χ0n) is 15.4. The molecule has 0 N–H and O–H groups in total. The smallest absolute Gasteiger partial charge is 0.181 e. The van der Waals surface area contributed by atoms with Gasteiger partial charge in [-0.25, -0.2) is 8.42 Å². The maximum Gasteiger partial charge on any atom is 0.181 e. The molecule has 7 heteroatoms. The summed E-state index contributed by atoms with van der Waals surface area (Å²) in [4.78, 5) is 0.296. The first kappa shape index (κ1) is 20.2. The first-order chi connectivity index (χ1) is 13.1. The number of alkyl halides is 2. The van der Waals surface area contributed by atoms with Gasteiger partial charge in [-0.2, -0.15) is 0 Å². The van der Waals surface area contributed by atoms with Crippen LogP contribution in [-0.2, 0) is 14.6 Å². The SMILES string of the molecule is COC1(Cl)C=CC(C2=CC3(C=C2c2ccc(S(C)(=O)=O)cc2)CC3)=C(Cl)C1Cl. The second-order valence-electron chi connectivity index (χ2n) is 7.51. The number of rotatable bonds is 4. The Kier molecular flexibility index (Phi) is 4.88. The summed E-state index contributed by atoms with van der Waals surface area (Å²) in [5, 5.41) is -1.46. The lowest BCUT2D eigenvalue weighted by atomic mass is 9.90.